The van der Waals surface area contributed by atoms with E-state index < -0.39 is 5.97 Å². The van der Waals surface area contributed by atoms with Gasteiger partial charge in [-0.25, -0.2) is 14.6 Å². The number of halogens is 1. The number of fused-ring (bicyclic) bond motifs is 1. The Morgan fingerprint density at radius 2 is 1.44 bits per heavy atom. The van der Waals surface area contributed by atoms with Gasteiger partial charge in [-0.3, -0.25) is 4.98 Å². The second-order valence-corrected chi connectivity index (χ2v) is 12.8. The van der Waals surface area contributed by atoms with Crippen LogP contribution in [-0.4, -0.2) is 40.7 Å². The van der Waals surface area contributed by atoms with E-state index in [0.29, 0.717) is 33.7 Å². The Labute approximate surface area is 299 Å². The molecule has 3 heterocycles. The minimum absolute atomic E-state index is 0.301. The number of rotatable bonds is 4. The molecule has 9 heteroatoms. The van der Waals surface area contributed by atoms with Crippen LogP contribution in [0.2, 0.25) is 5.02 Å². The average molecular weight is 691 g/mol. The van der Waals surface area contributed by atoms with Crippen LogP contribution >= 0.6 is 11.6 Å². The van der Waals surface area contributed by atoms with Crippen LogP contribution in [0, 0.1) is 17.8 Å². The number of benzene rings is 2. The van der Waals surface area contributed by atoms with Crippen LogP contribution in [0.1, 0.15) is 89.3 Å². The largest absolute Gasteiger partial charge is 0.465 e. The fourth-order valence-electron chi connectivity index (χ4n) is 6.62. The van der Waals surface area contributed by atoms with Gasteiger partial charge in [0.05, 0.1) is 47.4 Å². The number of carbonyl (C=O) groups is 2. The van der Waals surface area contributed by atoms with Crippen molar-refractivity contribution >= 4 is 40.1 Å². The van der Waals surface area contributed by atoms with Gasteiger partial charge >= 0.3 is 11.9 Å². The first-order chi connectivity index (χ1) is 24.3. The number of esters is 2. The summed E-state index contributed by atoms with van der Waals surface area (Å²) in [6.07, 6.45) is 13.9. The van der Waals surface area contributed by atoms with E-state index in [1.165, 1.54) is 88.3 Å². The fraction of sp³-hybridized carbons (Fsp3) is 0.317. The third kappa shape index (κ3) is 8.90. The van der Waals surface area contributed by atoms with Gasteiger partial charge in [0, 0.05) is 36.3 Å². The quantitative estimate of drug-likeness (QED) is 0.114. The lowest BCUT2D eigenvalue weighted by Gasteiger charge is -2.13. The summed E-state index contributed by atoms with van der Waals surface area (Å²) in [4.78, 5) is 31.7. The SMILES string of the molecule is C(#CC1CCCC1)c1ccccn1.COC(=O)c1ccc(Cl)c(N)c1.COC(=O)c1ccc2c(C3CCCC3)c(-c3ccccn3)n(C)c2c1. The van der Waals surface area contributed by atoms with Gasteiger partial charge in [-0.2, -0.15) is 0 Å². The number of pyridine rings is 2. The molecule has 0 amide bonds. The normalized spacial score (nSPS) is 14.1. The summed E-state index contributed by atoms with van der Waals surface area (Å²) < 4.78 is 11.6. The Kier molecular flexibility index (Phi) is 12.7. The predicted octanol–water partition coefficient (Wildman–Crippen LogP) is 9.02. The third-order valence-corrected chi connectivity index (χ3v) is 9.52. The topological polar surface area (TPSA) is 109 Å². The Bertz CT molecular complexity index is 1970. The number of nitrogens with two attached hydrogens (primary N) is 1. The molecule has 7 rings (SSSR count). The molecule has 2 aromatic carbocycles. The molecule has 2 aliphatic carbocycles. The lowest BCUT2D eigenvalue weighted by atomic mass is 9.93. The second-order valence-electron chi connectivity index (χ2n) is 12.4. The molecular weight excluding hydrogens is 648 g/mol. The summed E-state index contributed by atoms with van der Waals surface area (Å²) in [5.41, 5.74) is 12.3. The molecule has 3 aromatic heterocycles. The van der Waals surface area contributed by atoms with Crippen molar-refractivity contribution in [3.05, 3.63) is 113 Å². The number of hydrogen-bond donors (Lipinski definition) is 1. The Hall–Kier alpha value is -5.13. The number of aryl methyl sites for hydroxylation is 1. The van der Waals surface area contributed by atoms with Gasteiger partial charge in [0.25, 0.3) is 0 Å². The lowest BCUT2D eigenvalue weighted by Crippen LogP contribution is -2.01. The van der Waals surface area contributed by atoms with E-state index >= 15 is 0 Å². The maximum Gasteiger partial charge on any atom is 0.337 e. The van der Waals surface area contributed by atoms with E-state index in [1.54, 1.807) is 18.3 Å². The number of hydrogen-bond acceptors (Lipinski definition) is 7. The van der Waals surface area contributed by atoms with Gasteiger partial charge in [-0.15, -0.1) is 0 Å². The predicted molar refractivity (Wildman–Crippen MR) is 199 cm³/mol. The first-order valence-corrected chi connectivity index (χ1v) is 17.4. The average Bonchev–Trinajstić information content (AvgIpc) is 3.94. The van der Waals surface area contributed by atoms with Gasteiger partial charge in [-0.1, -0.05) is 61.4 Å². The molecule has 0 unspecified atom stereocenters. The zero-order chi connectivity index (χ0) is 35.5. The molecule has 2 saturated carbocycles. The van der Waals surface area contributed by atoms with E-state index in [2.05, 4.69) is 50.3 Å². The summed E-state index contributed by atoms with van der Waals surface area (Å²) in [6.45, 7) is 0. The summed E-state index contributed by atoms with van der Waals surface area (Å²) in [6, 6.07) is 22.4. The van der Waals surface area contributed by atoms with Crippen molar-refractivity contribution in [1.29, 1.82) is 0 Å². The fourth-order valence-corrected chi connectivity index (χ4v) is 6.74. The summed E-state index contributed by atoms with van der Waals surface area (Å²) in [5.74, 6) is 6.88. The van der Waals surface area contributed by atoms with Crippen LogP contribution in [0.25, 0.3) is 22.3 Å². The molecule has 258 valence electrons. The molecule has 2 N–H and O–H groups in total. The number of carbonyl (C=O) groups excluding carboxylic acids is 2. The van der Waals surface area contributed by atoms with Crippen LogP contribution in [-0.2, 0) is 16.5 Å². The number of methoxy groups -OCH3 is 2. The highest BCUT2D eigenvalue weighted by Crippen LogP contribution is 2.44. The van der Waals surface area contributed by atoms with E-state index in [9.17, 15) is 9.59 Å². The van der Waals surface area contributed by atoms with Crippen molar-refractivity contribution in [3.63, 3.8) is 0 Å². The number of nitrogen functional groups attached to an aromatic ring is 1. The van der Waals surface area contributed by atoms with Crippen molar-refractivity contribution in [3.8, 4) is 23.2 Å². The highest BCUT2D eigenvalue weighted by Gasteiger charge is 2.27. The maximum absolute atomic E-state index is 11.9. The van der Waals surface area contributed by atoms with Crippen molar-refractivity contribution in [2.45, 2.75) is 57.3 Å². The number of nitrogens with zero attached hydrogens (tertiary/aromatic N) is 3. The molecule has 8 nitrogen and oxygen atoms in total. The zero-order valence-corrected chi connectivity index (χ0v) is 29.6. The van der Waals surface area contributed by atoms with Crippen molar-refractivity contribution < 1.29 is 19.1 Å². The number of aromatic nitrogens is 3. The third-order valence-electron chi connectivity index (χ3n) is 9.17. The number of anilines is 1. The molecule has 2 fully saturated rings. The molecule has 0 radical (unpaired) electrons. The Balaban J connectivity index is 0.000000163. The van der Waals surface area contributed by atoms with Crippen molar-refractivity contribution in [2.75, 3.05) is 20.0 Å². The van der Waals surface area contributed by atoms with E-state index in [0.717, 1.165) is 16.9 Å². The molecule has 0 aliphatic heterocycles. The molecular formula is C41H43ClN4O4. The first-order valence-electron chi connectivity index (χ1n) is 17.0. The minimum atomic E-state index is -0.418. The van der Waals surface area contributed by atoms with Gasteiger partial charge < -0.3 is 19.8 Å². The van der Waals surface area contributed by atoms with Crippen LogP contribution in [0.3, 0.4) is 0 Å². The van der Waals surface area contributed by atoms with Crippen LogP contribution in [0.4, 0.5) is 5.69 Å². The van der Waals surface area contributed by atoms with Crippen LogP contribution < -0.4 is 5.73 Å². The lowest BCUT2D eigenvalue weighted by molar-refractivity contribution is 0.0592. The summed E-state index contributed by atoms with van der Waals surface area (Å²) >= 11 is 5.65. The second kappa shape index (κ2) is 17.5. The molecule has 0 atom stereocenters. The zero-order valence-electron chi connectivity index (χ0n) is 28.8. The molecule has 5 aromatic rings. The van der Waals surface area contributed by atoms with E-state index in [1.807, 2.05) is 48.7 Å². The summed E-state index contributed by atoms with van der Waals surface area (Å²) in [7, 11) is 4.79. The standard InChI is InChI=1S/C21H22N2O2.C12H13N.C8H8ClNO2/c1-23-18-13-15(21(24)25-2)10-11-16(18)19(14-7-3-4-8-14)20(23)17-9-5-6-12-22-17;1-2-6-11(5-1)8-9-12-7-3-4-10-13-12;1-12-8(11)5-2-3-6(9)7(10)4-5/h5-6,9-14H,3-4,7-8H2,1-2H3;3-4,7,10-11H,1-2,5-6H2;2-4H,10H2,1H3. The maximum atomic E-state index is 11.9. The Morgan fingerprint density at radius 1 is 0.820 bits per heavy atom. The van der Waals surface area contributed by atoms with Gasteiger partial charge in [0.2, 0.25) is 0 Å². The summed E-state index contributed by atoms with van der Waals surface area (Å²) in [5, 5.41) is 1.66. The number of ether oxygens (including phenoxy) is 2. The van der Waals surface area contributed by atoms with Crippen molar-refractivity contribution in [2.24, 2.45) is 13.0 Å². The van der Waals surface area contributed by atoms with Gasteiger partial charge in [0.1, 0.15) is 5.69 Å². The first kappa shape index (κ1) is 36.2. The van der Waals surface area contributed by atoms with Gasteiger partial charge in [0.15, 0.2) is 0 Å². The molecule has 0 bridgehead atoms. The molecule has 0 spiro atoms. The highest BCUT2D eigenvalue weighted by atomic mass is 35.5. The molecule has 50 heavy (non-hydrogen) atoms. The van der Waals surface area contributed by atoms with Crippen LogP contribution in [0.5, 0.6) is 0 Å². The monoisotopic (exact) mass is 690 g/mol. The van der Waals surface area contributed by atoms with E-state index in [-0.39, 0.29) is 5.97 Å². The Morgan fingerprint density at radius 3 is 2.04 bits per heavy atom. The highest BCUT2D eigenvalue weighted by molar-refractivity contribution is 6.33. The van der Waals surface area contributed by atoms with E-state index in [4.69, 9.17) is 22.1 Å². The molecule has 2 aliphatic rings. The minimum Gasteiger partial charge on any atom is -0.465 e. The molecule has 0 saturated heterocycles. The van der Waals surface area contributed by atoms with Crippen LogP contribution in [0.15, 0.2) is 85.2 Å². The van der Waals surface area contributed by atoms with Gasteiger partial charge in [-0.05, 0) is 97.7 Å². The smallest absolute Gasteiger partial charge is 0.337 e. The van der Waals surface area contributed by atoms with Crippen molar-refractivity contribution in [1.82, 2.24) is 14.5 Å².